The van der Waals surface area contributed by atoms with Gasteiger partial charge in [-0.25, -0.2) is 4.79 Å². The zero-order valence-electron chi connectivity index (χ0n) is 11.8. The van der Waals surface area contributed by atoms with Gasteiger partial charge in [-0.3, -0.25) is 0 Å². The Morgan fingerprint density at radius 3 is 2.63 bits per heavy atom. The number of carbonyl (C=O) groups is 1. The van der Waals surface area contributed by atoms with Gasteiger partial charge >= 0.3 is 6.09 Å². The normalized spacial score (nSPS) is 15.7. The van der Waals surface area contributed by atoms with Crippen molar-refractivity contribution in [3.05, 3.63) is 29.3 Å². The van der Waals surface area contributed by atoms with Gasteiger partial charge in [0.25, 0.3) is 0 Å². The minimum Gasteiger partial charge on any atom is -0.410 e. The highest BCUT2D eigenvalue weighted by molar-refractivity contribution is 5.71. The summed E-state index contributed by atoms with van der Waals surface area (Å²) in [6, 6.07) is 6.00. The van der Waals surface area contributed by atoms with Crippen molar-refractivity contribution < 1.29 is 14.3 Å². The van der Waals surface area contributed by atoms with Crippen molar-refractivity contribution in [2.75, 3.05) is 26.3 Å². The second-order valence-electron chi connectivity index (χ2n) is 5.16. The van der Waals surface area contributed by atoms with Crippen LogP contribution < -0.4 is 4.74 Å². The molecule has 19 heavy (non-hydrogen) atoms. The van der Waals surface area contributed by atoms with E-state index in [1.54, 1.807) is 4.90 Å². The molecule has 0 atom stereocenters. The summed E-state index contributed by atoms with van der Waals surface area (Å²) in [5.74, 6) is 1.000. The maximum Gasteiger partial charge on any atom is 0.415 e. The van der Waals surface area contributed by atoms with Crippen molar-refractivity contribution in [1.82, 2.24) is 4.90 Å². The number of amides is 1. The number of hydrogen-bond donors (Lipinski definition) is 0. The van der Waals surface area contributed by atoms with Gasteiger partial charge in [0.2, 0.25) is 0 Å². The van der Waals surface area contributed by atoms with Crippen LogP contribution in [-0.4, -0.2) is 37.3 Å². The molecule has 1 fully saturated rings. The van der Waals surface area contributed by atoms with Crippen LogP contribution in [0.3, 0.4) is 0 Å². The summed E-state index contributed by atoms with van der Waals surface area (Å²) in [4.78, 5) is 13.8. The monoisotopic (exact) mass is 263 g/mol. The number of nitrogens with zero attached hydrogens (tertiary/aromatic N) is 1. The number of carbonyl (C=O) groups excluding carboxylic acids is 1. The van der Waals surface area contributed by atoms with Gasteiger partial charge in [-0.05, 0) is 30.0 Å². The molecule has 1 aliphatic heterocycles. The Morgan fingerprint density at radius 2 is 2.00 bits per heavy atom. The number of benzene rings is 1. The molecule has 0 N–H and O–H groups in total. The van der Waals surface area contributed by atoms with Crippen LogP contribution in [0.25, 0.3) is 0 Å². The Kier molecular flexibility index (Phi) is 4.43. The molecule has 1 amide bonds. The van der Waals surface area contributed by atoms with Crippen LogP contribution in [0.5, 0.6) is 5.75 Å². The molecule has 2 rings (SSSR count). The molecule has 0 aromatic heterocycles. The molecule has 1 aromatic rings. The van der Waals surface area contributed by atoms with Gasteiger partial charge in [0, 0.05) is 13.1 Å². The van der Waals surface area contributed by atoms with Crippen LogP contribution in [0.2, 0.25) is 0 Å². The van der Waals surface area contributed by atoms with Gasteiger partial charge in [0.1, 0.15) is 5.75 Å². The van der Waals surface area contributed by atoms with Crippen molar-refractivity contribution in [3.8, 4) is 5.75 Å². The van der Waals surface area contributed by atoms with E-state index in [0.717, 1.165) is 11.1 Å². The highest BCUT2D eigenvalue weighted by atomic mass is 16.6. The Labute approximate surface area is 114 Å². The van der Waals surface area contributed by atoms with E-state index in [1.165, 1.54) is 0 Å². The molecule has 104 valence electrons. The highest BCUT2D eigenvalue weighted by Gasteiger charge is 2.20. The largest absolute Gasteiger partial charge is 0.415 e. The number of ether oxygens (including phenoxy) is 2. The van der Waals surface area contributed by atoms with Crippen LogP contribution >= 0.6 is 0 Å². The third kappa shape index (κ3) is 3.47. The first-order valence-electron chi connectivity index (χ1n) is 6.73. The molecule has 0 unspecified atom stereocenters. The van der Waals surface area contributed by atoms with Crippen LogP contribution in [0.4, 0.5) is 4.79 Å². The zero-order chi connectivity index (χ0) is 13.8. The Balaban J connectivity index is 2.13. The van der Waals surface area contributed by atoms with Gasteiger partial charge in [-0.15, -0.1) is 0 Å². The van der Waals surface area contributed by atoms with E-state index in [4.69, 9.17) is 9.47 Å². The zero-order valence-corrected chi connectivity index (χ0v) is 11.8. The van der Waals surface area contributed by atoms with E-state index in [9.17, 15) is 4.79 Å². The van der Waals surface area contributed by atoms with Gasteiger partial charge < -0.3 is 14.4 Å². The summed E-state index contributed by atoms with van der Waals surface area (Å²) in [6.45, 7) is 8.55. The van der Waals surface area contributed by atoms with Crippen LogP contribution in [0.15, 0.2) is 18.2 Å². The first kappa shape index (κ1) is 13.9. The van der Waals surface area contributed by atoms with E-state index in [2.05, 4.69) is 13.8 Å². The van der Waals surface area contributed by atoms with Gasteiger partial charge in [-0.1, -0.05) is 26.0 Å². The standard InChI is InChI=1S/C15H21NO3/c1-11(2)13-5-4-12(3)10-14(13)19-15(17)16-6-8-18-9-7-16/h4-5,10-11H,6-9H2,1-3H3. The van der Waals surface area contributed by atoms with Gasteiger partial charge in [0.15, 0.2) is 0 Å². The van der Waals surface area contributed by atoms with Crippen molar-refractivity contribution in [3.63, 3.8) is 0 Å². The molecule has 1 heterocycles. The van der Waals surface area contributed by atoms with Gasteiger partial charge in [0.05, 0.1) is 13.2 Å². The fourth-order valence-corrected chi connectivity index (χ4v) is 2.11. The van der Waals surface area contributed by atoms with Crippen molar-refractivity contribution in [2.24, 2.45) is 0 Å². The van der Waals surface area contributed by atoms with Crippen LogP contribution in [-0.2, 0) is 4.74 Å². The third-order valence-electron chi connectivity index (χ3n) is 3.26. The summed E-state index contributed by atoms with van der Waals surface area (Å²) in [5.41, 5.74) is 2.15. The maximum absolute atomic E-state index is 12.1. The molecule has 4 nitrogen and oxygen atoms in total. The second kappa shape index (κ2) is 6.06. The average Bonchev–Trinajstić information content (AvgIpc) is 2.39. The second-order valence-corrected chi connectivity index (χ2v) is 5.16. The van der Waals surface area contributed by atoms with E-state index in [-0.39, 0.29) is 6.09 Å². The fraction of sp³-hybridized carbons (Fsp3) is 0.533. The number of rotatable bonds is 2. The lowest BCUT2D eigenvalue weighted by Gasteiger charge is -2.26. The average molecular weight is 263 g/mol. The molecular formula is C15H21NO3. The summed E-state index contributed by atoms with van der Waals surface area (Å²) in [5, 5.41) is 0. The molecule has 1 aromatic carbocycles. The summed E-state index contributed by atoms with van der Waals surface area (Å²) < 4.78 is 10.8. The molecular weight excluding hydrogens is 242 g/mol. The number of aryl methyl sites for hydroxylation is 1. The molecule has 1 aliphatic rings. The molecule has 0 aliphatic carbocycles. The van der Waals surface area contributed by atoms with Crippen molar-refractivity contribution in [2.45, 2.75) is 26.7 Å². The summed E-state index contributed by atoms with van der Waals surface area (Å²) in [6.07, 6.45) is -0.282. The predicted molar refractivity (Wildman–Crippen MR) is 73.7 cm³/mol. The fourth-order valence-electron chi connectivity index (χ4n) is 2.11. The Hall–Kier alpha value is -1.55. The van der Waals surface area contributed by atoms with Gasteiger partial charge in [-0.2, -0.15) is 0 Å². The highest BCUT2D eigenvalue weighted by Crippen LogP contribution is 2.28. The van der Waals surface area contributed by atoms with E-state index >= 15 is 0 Å². The molecule has 0 spiro atoms. The molecule has 1 saturated heterocycles. The predicted octanol–water partition coefficient (Wildman–Crippen LogP) is 2.95. The quantitative estimate of drug-likeness (QED) is 0.823. The topological polar surface area (TPSA) is 38.8 Å². The molecule has 0 saturated carbocycles. The molecule has 4 heteroatoms. The van der Waals surface area contributed by atoms with E-state index < -0.39 is 0 Å². The Morgan fingerprint density at radius 1 is 1.32 bits per heavy atom. The van der Waals surface area contributed by atoms with E-state index in [0.29, 0.717) is 38.0 Å². The lowest BCUT2D eigenvalue weighted by Crippen LogP contribution is -2.42. The van der Waals surface area contributed by atoms with E-state index in [1.807, 2.05) is 25.1 Å². The molecule has 0 radical (unpaired) electrons. The lowest BCUT2D eigenvalue weighted by molar-refractivity contribution is 0.0415. The first-order valence-corrected chi connectivity index (χ1v) is 6.73. The minimum atomic E-state index is -0.282. The Bertz CT molecular complexity index is 451. The summed E-state index contributed by atoms with van der Waals surface area (Å²) in [7, 11) is 0. The van der Waals surface area contributed by atoms with Crippen molar-refractivity contribution >= 4 is 6.09 Å². The number of morpholine rings is 1. The molecule has 0 bridgehead atoms. The van der Waals surface area contributed by atoms with Crippen LogP contribution in [0, 0.1) is 6.92 Å². The van der Waals surface area contributed by atoms with Crippen molar-refractivity contribution in [1.29, 1.82) is 0 Å². The maximum atomic E-state index is 12.1. The smallest absolute Gasteiger partial charge is 0.410 e. The summed E-state index contributed by atoms with van der Waals surface area (Å²) >= 11 is 0. The van der Waals surface area contributed by atoms with Crippen LogP contribution in [0.1, 0.15) is 30.9 Å². The lowest BCUT2D eigenvalue weighted by atomic mass is 10.0. The third-order valence-corrected chi connectivity index (χ3v) is 3.26. The SMILES string of the molecule is Cc1ccc(C(C)C)c(OC(=O)N2CCOCC2)c1. The minimum absolute atomic E-state index is 0.282. The number of hydrogen-bond acceptors (Lipinski definition) is 3. The first-order chi connectivity index (χ1) is 9.08.